The maximum absolute atomic E-state index is 14.0. The van der Waals surface area contributed by atoms with Crippen LogP contribution < -0.4 is 4.74 Å². The van der Waals surface area contributed by atoms with Crippen molar-refractivity contribution in [1.82, 2.24) is 14.8 Å². The fourth-order valence-electron chi connectivity index (χ4n) is 6.44. The summed E-state index contributed by atoms with van der Waals surface area (Å²) in [6.07, 6.45) is 5.18. The average Bonchev–Trinajstić information content (AvgIpc) is 3.43. The second-order valence-electron chi connectivity index (χ2n) is 15.7. The van der Waals surface area contributed by atoms with Crippen LogP contribution in [0, 0.1) is 11.7 Å². The first-order valence-electron chi connectivity index (χ1n) is 17.7. The zero-order valence-corrected chi connectivity index (χ0v) is 31.6. The molecule has 1 aliphatic carbocycles. The first-order chi connectivity index (χ1) is 24.0. The number of phosphoric ester groups is 1. The van der Waals surface area contributed by atoms with E-state index < -0.39 is 37.7 Å². The molecule has 2 aromatic heterocycles. The van der Waals surface area contributed by atoms with E-state index in [1.807, 2.05) is 10.9 Å². The second-order valence-corrected chi connectivity index (χ2v) is 17.2. The van der Waals surface area contributed by atoms with E-state index in [9.17, 15) is 13.8 Å². The number of halogens is 1. The first kappa shape index (κ1) is 37.4. The van der Waals surface area contributed by atoms with Gasteiger partial charge in [-0.3, -0.25) is 13.8 Å². The summed E-state index contributed by atoms with van der Waals surface area (Å²) in [6, 6.07) is 10.6. The van der Waals surface area contributed by atoms with Crippen LogP contribution in [0.15, 0.2) is 42.6 Å². The van der Waals surface area contributed by atoms with Gasteiger partial charge >= 0.3 is 13.8 Å². The van der Waals surface area contributed by atoms with Crippen molar-refractivity contribution in [3.05, 3.63) is 54.1 Å². The molecule has 4 aromatic rings. The van der Waals surface area contributed by atoms with Gasteiger partial charge in [-0.05, 0) is 115 Å². The normalized spacial score (nSPS) is 20.2. The van der Waals surface area contributed by atoms with Crippen LogP contribution in [-0.2, 0) is 32.4 Å². The Morgan fingerprint density at radius 3 is 2.31 bits per heavy atom. The number of carbonyl (C=O) groups is 1. The second kappa shape index (κ2) is 14.5. The van der Waals surface area contributed by atoms with Crippen molar-refractivity contribution < 1.29 is 41.5 Å². The number of esters is 1. The number of nitrogens with zero attached hydrogens (tertiary/aromatic N) is 3. The van der Waals surface area contributed by atoms with Crippen LogP contribution in [0.4, 0.5) is 4.39 Å². The van der Waals surface area contributed by atoms with Gasteiger partial charge in [0.05, 0.1) is 34.5 Å². The molecule has 2 aromatic carbocycles. The van der Waals surface area contributed by atoms with E-state index in [0.29, 0.717) is 25.3 Å². The lowest BCUT2D eigenvalue weighted by Gasteiger charge is -2.34. The molecule has 0 spiro atoms. The average molecular weight is 726 g/mol. The summed E-state index contributed by atoms with van der Waals surface area (Å²) in [4.78, 5) is 18.1. The molecule has 276 valence electrons. The molecule has 1 saturated heterocycles. The number of carbonyl (C=O) groups excluding carboxylic acids is 1. The Morgan fingerprint density at radius 2 is 1.71 bits per heavy atom. The summed E-state index contributed by atoms with van der Waals surface area (Å²) in [5.41, 5.74) is 1.85. The number of hydrogen-bond acceptors (Lipinski definition) is 10. The zero-order valence-electron chi connectivity index (χ0n) is 30.7. The van der Waals surface area contributed by atoms with Gasteiger partial charge in [-0.2, -0.15) is 5.10 Å². The third-order valence-corrected chi connectivity index (χ3v) is 10.7. The molecule has 0 radical (unpaired) electrons. The molecule has 6 rings (SSSR count). The lowest BCUT2D eigenvalue weighted by molar-refractivity contribution is -0.163. The molecule has 51 heavy (non-hydrogen) atoms. The lowest BCUT2D eigenvalue weighted by atomic mass is 9.82. The van der Waals surface area contributed by atoms with Crippen LogP contribution in [0.5, 0.6) is 5.88 Å². The fourth-order valence-corrected chi connectivity index (χ4v) is 8.10. The van der Waals surface area contributed by atoms with Gasteiger partial charge < -0.3 is 14.2 Å². The van der Waals surface area contributed by atoms with Gasteiger partial charge in [0, 0.05) is 22.9 Å². The number of rotatable bonds is 11. The minimum Gasteiger partial charge on any atom is -0.474 e. The molecule has 0 N–H and O–H groups in total. The molecule has 1 aliphatic heterocycles. The number of ether oxygens (including phenoxy) is 3. The summed E-state index contributed by atoms with van der Waals surface area (Å²) in [6.45, 7) is 14.6. The van der Waals surface area contributed by atoms with E-state index in [1.165, 1.54) is 12.1 Å². The minimum absolute atomic E-state index is 0.0236. The fraction of sp³-hybridized carbons (Fsp3) is 0.553. The van der Waals surface area contributed by atoms with Gasteiger partial charge in [0.25, 0.3) is 0 Å². The molecule has 1 atom stereocenters. The number of hydrogen-bond donors (Lipinski definition) is 0. The van der Waals surface area contributed by atoms with Crippen LogP contribution in [0.25, 0.3) is 32.8 Å². The van der Waals surface area contributed by atoms with Crippen LogP contribution in [0.1, 0.15) is 105 Å². The van der Waals surface area contributed by atoms with Gasteiger partial charge in [-0.25, -0.2) is 23.1 Å². The smallest absolute Gasteiger partial charge is 0.474 e. The van der Waals surface area contributed by atoms with Gasteiger partial charge in [0.2, 0.25) is 12.7 Å². The predicted molar refractivity (Wildman–Crippen MR) is 192 cm³/mol. The number of pyridine rings is 1. The molecular weight excluding hydrogens is 676 g/mol. The van der Waals surface area contributed by atoms with Crippen molar-refractivity contribution in [2.75, 3.05) is 13.4 Å². The highest BCUT2D eigenvalue weighted by molar-refractivity contribution is 7.48. The van der Waals surface area contributed by atoms with E-state index in [1.54, 1.807) is 53.7 Å². The Kier molecular flexibility index (Phi) is 10.7. The maximum atomic E-state index is 14.0. The molecule has 2 fully saturated rings. The summed E-state index contributed by atoms with van der Waals surface area (Å²) in [5, 5.41) is 7.37. The molecular formula is C38H49FN3O8P. The third-order valence-electron chi connectivity index (χ3n) is 8.71. The summed E-state index contributed by atoms with van der Waals surface area (Å²) in [5.74, 6) is -0.753. The van der Waals surface area contributed by atoms with Crippen molar-refractivity contribution in [2.24, 2.45) is 5.92 Å². The highest BCUT2D eigenvalue weighted by atomic mass is 31.2. The van der Waals surface area contributed by atoms with Crippen LogP contribution in [0.3, 0.4) is 0 Å². The Morgan fingerprint density at radius 1 is 1.02 bits per heavy atom. The molecule has 1 saturated carbocycles. The molecule has 13 heteroatoms. The Bertz CT molecular complexity index is 1900. The van der Waals surface area contributed by atoms with Crippen LogP contribution in [-0.4, -0.2) is 51.4 Å². The summed E-state index contributed by atoms with van der Waals surface area (Å²) >= 11 is 0. The van der Waals surface area contributed by atoms with Gasteiger partial charge in [0.1, 0.15) is 11.9 Å². The molecule has 2 aliphatic rings. The standard InChI is InChI=1S/C38H49FN3O8P/c1-23(2)34-33(24-12-14-27(39)15-13-24)29-19-26-21-40-42(32-11-9-10-16-45-32)31(26)20-30(29)35(41-34)48-28-17-25(18-28)36(43)46-22-47-51(44,49-37(3,4)5)50-38(6,7)8/h12-15,19-21,23,25,28,32H,9-11,16-18,22H2,1-8H3. The quantitative estimate of drug-likeness (QED) is 0.0840. The highest BCUT2D eigenvalue weighted by Gasteiger charge is 2.40. The summed E-state index contributed by atoms with van der Waals surface area (Å²) < 4.78 is 63.9. The van der Waals surface area contributed by atoms with Crippen LogP contribution >= 0.6 is 7.82 Å². The third kappa shape index (κ3) is 8.80. The number of fused-ring (bicyclic) bond motifs is 2. The molecule has 1 unspecified atom stereocenters. The van der Waals surface area contributed by atoms with Gasteiger partial charge in [0.15, 0.2) is 6.23 Å². The van der Waals surface area contributed by atoms with E-state index in [-0.39, 0.29) is 24.1 Å². The topological polar surface area (TPSA) is 120 Å². The SMILES string of the molecule is CC(C)c1nc(OC2CC(C(=O)OCOP(=O)(OC(C)(C)C)OC(C)(C)C)C2)c2cc3c(cnn3C3CCCCO3)cc2c1-c1ccc(F)cc1. The highest BCUT2D eigenvalue weighted by Crippen LogP contribution is 2.55. The van der Waals surface area contributed by atoms with E-state index >= 15 is 0 Å². The molecule has 3 heterocycles. The van der Waals surface area contributed by atoms with Crippen molar-refractivity contribution in [1.29, 1.82) is 0 Å². The van der Waals surface area contributed by atoms with E-state index in [4.69, 9.17) is 37.9 Å². The van der Waals surface area contributed by atoms with Gasteiger partial charge in [-0.15, -0.1) is 0 Å². The zero-order chi connectivity index (χ0) is 36.7. The van der Waals surface area contributed by atoms with Crippen molar-refractivity contribution >= 4 is 35.5 Å². The predicted octanol–water partition coefficient (Wildman–Crippen LogP) is 9.63. The first-order valence-corrected chi connectivity index (χ1v) is 19.2. The maximum Gasteiger partial charge on any atom is 0.478 e. The molecule has 11 nitrogen and oxygen atoms in total. The van der Waals surface area contributed by atoms with Gasteiger partial charge in [-0.1, -0.05) is 26.0 Å². The number of benzene rings is 2. The van der Waals surface area contributed by atoms with Crippen molar-refractivity contribution in [3.8, 4) is 17.0 Å². The van der Waals surface area contributed by atoms with Crippen molar-refractivity contribution in [2.45, 2.75) is 117 Å². The monoisotopic (exact) mass is 725 g/mol. The van der Waals surface area contributed by atoms with E-state index in [2.05, 4.69) is 26.0 Å². The van der Waals surface area contributed by atoms with Crippen molar-refractivity contribution in [3.63, 3.8) is 0 Å². The summed E-state index contributed by atoms with van der Waals surface area (Å²) in [7, 11) is -4.03. The molecule has 0 bridgehead atoms. The number of phosphoric acid groups is 1. The Hall–Kier alpha value is -3.41. The minimum atomic E-state index is -4.03. The Balaban J connectivity index is 1.24. The largest absolute Gasteiger partial charge is 0.478 e. The Labute approximate surface area is 298 Å². The molecule has 0 amide bonds. The van der Waals surface area contributed by atoms with E-state index in [0.717, 1.165) is 57.8 Å². The number of aromatic nitrogens is 3. The lowest BCUT2D eigenvalue weighted by Crippen LogP contribution is -2.39. The van der Waals surface area contributed by atoms with Crippen LogP contribution in [0.2, 0.25) is 0 Å².